The van der Waals surface area contributed by atoms with E-state index in [1.165, 1.54) is 12.1 Å². The Labute approximate surface area is 117 Å². The largest absolute Gasteiger partial charge is 0.462 e. The summed E-state index contributed by atoms with van der Waals surface area (Å²) in [6, 6.07) is 15.0. The van der Waals surface area contributed by atoms with Crippen LogP contribution in [0.15, 0.2) is 54.6 Å². The number of halogens is 1. The number of ether oxygens (including phenoxy) is 1. The number of hydrogen-bond acceptors (Lipinski definition) is 3. The van der Waals surface area contributed by atoms with Gasteiger partial charge in [0.2, 0.25) is 0 Å². The number of carbonyl (C=O) groups is 1. The van der Waals surface area contributed by atoms with Crippen molar-refractivity contribution in [2.75, 3.05) is 18.5 Å². The predicted molar refractivity (Wildman–Crippen MR) is 76.2 cm³/mol. The first kappa shape index (κ1) is 14.1. The zero-order valence-corrected chi connectivity index (χ0v) is 11.0. The van der Waals surface area contributed by atoms with Crippen LogP contribution in [0.2, 0.25) is 0 Å². The minimum atomic E-state index is -0.313. The van der Waals surface area contributed by atoms with E-state index in [9.17, 15) is 9.18 Å². The molecule has 0 radical (unpaired) electrons. The van der Waals surface area contributed by atoms with Crippen molar-refractivity contribution in [3.05, 3.63) is 66.0 Å². The second kappa shape index (κ2) is 7.28. The van der Waals surface area contributed by atoms with Crippen LogP contribution in [-0.4, -0.2) is 19.1 Å². The quantitative estimate of drug-likeness (QED) is 0.647. The molecule has 0 spiro atoms. The Bertz CT molecular complexity index is 540. The molecule has 0 aliphatic carbocycles. The van der Waals surface area contributed by atoms with Gasteiger partial charge >= 0.3 is 5.97 Å². The molecule has 0 saturated heterocycles. The maximum absolute atomic E-state index is 12.7. The summed E-state index contributed by atoms with van der Waals surface area (Å²) < 4.78 is 17.8. The highest BCUT2D eigenvalue weighted by Crippen LogP contribution is 2.08. The van der Waals surface area contributed by atoms with E-state index < -0.39 is 0 Å². The molecule has 0 saturated carbocycles. The Morgan fingerprint density at radius 1 is 1.05 bits per heavy atom. The molecular weight excluding hydrogens is 257 g/mol. The number of anilines is 1. The van der Waals surface area contributed by atoms with Crippen LogP contribution in [0.1, 0.15) is 16.8 Å². The lowest BCUT2D eigenvalue weighted by Gasteiger charge is -2.07. The Morgan fingerprint density at radius 2 is 1.75 bits per heavy atom. The average molecular weight is 273 g/mol. The van der Waals surface area contributed by atoms with Crippen LogP contribution in [0.4, 0.5) is 10.1 Å². The third-order valence-electron chi connectivity index (χ3n) is 2.74. The highest BCUT2D eigenvalue weighted by Gasteiger charge is 2.04. The van der Waals surface area contributed by atoms with E-state index in [-0.39, 0.29) is 11.8 Å². The molecule has 20 heavy (non-hydrogen) atoms. The standard InChI is InChI=1S/C16H16FNO2/c17-14-7-9-15(10-8-14)18-11-4-12-20-16(19)13-5-2-1-3-6-13/h1-3,5-10,18H,4,11-12H2. The Hall–Kier alpha value is -2.36. The first-order valence-electron chi connectivity index (χ1n) is 6.47. The number of hydrogen-bond donors (Lipinski definition) is 1. The van der Waals surface area contributed by atoms with Gasteiger partial charge in [0.15, 0.2) is 0 Å². The van der Waals surface area contributed by atoms with Crippen molar-refractivity contribution < 1.29 is 13.9 Å². The normalized spacial score (nSPS) is 10.1. The van der Waals surface area contributed by atoms with E-state index in [2.05, 4.69) is 5.32 Å². The topological polar surface area (TPSA) is 38.3 Å². The fourth-order valence-electron chi connectivity index (χ4n) is 1.70. The molecule has 4 heteroatoms. The first-order chi connectivity index (χ1) is 9.75. The molecule has 2 rings (SSSR count). The van der Waals surface area contributed by atoms with Gasteiger partial charge in [-0.1, -0.05) is 18.2 Å². The minimum Gasteiger partial charge on any atom is -0.462 e. The number of nitrogens with one attached hydrogen (secondary N) is 1. The number of benzene rings is 2. The number of esters is 1. The zero-order valence-electron chi connectivity index (χ0n) is 11.0. The van der Waals surface area contributed by atoms with Crippen LogP contribution in [0.3, 0.4) is 0 Å². The van der Waals surface area contributed by atoms with Gasteiger partial charge in [-0.25, -0.2) is 9.18 Å². The summed E-state index contributed by atoms with van der Waals surface area (Å²) in [5.41, 5.74) is 1.40. The molecular formula is C16H16FNO2. The lowest BCUT2D eigenvalue weighted by molar-refractivity contribution is 0.0504. The average Bonchev–Trinajstić information content (AvgIpc) is 2.49. The summed E-state index contributed by atoms with van der Waals surface area (Å²) in [4.78, 5) is 11.6. The molecule has 3 nitrogen and oxygen atoms in total. The molecule has 0 aliphatic rings. The van der Waals surface area contributed by atoms with Crippen molar-refractivity contribution in [1.82, 2.24) is 0 Å². The summed E-state index contributed by atoms with van der Waals surface area (Å²) in [5, 5.41) is 3.13. The van der Waals surface area contributed by atoms with Crippen LogP contribution in [0.25, 0.3) is 0 Å². The van der Waals surface area contributed by atoms with Crippen molar-refractivity contribution in [2.45, 2.75) is 6.42 Å². The lowest BCUT2D eigenvalue weighted by atomic mass is 10.2. The third-order valence-corrected chi connectivity index (χ3v) is 2.74. The Morgan fingerprint density at radius 3 is 2.45 bits per heavy atom. The van der Waals surface area contributed by atoms with Gasteiger partial charge in [0, 0.05) is 12.2 Å². The molecule has 0 amide bonds. The van der Waals surface area contributed by atoms with Crippen LogP contribution in [0, 0.1) is 5.82 Å². The van der Waals surface area contributed by atoms with Gasteiger partial charge in [-0.3, -0.25) is 0 Å². The molecule has 104 valence electrons. The van der Waals surface area contributed by atoms with Crippen molar-refractivity contribution in [3.8, 4) is 0 Å². The third kappa shape index (κ3) is 4.39. The van der Waals surface area contributed by atoms with Gasteiger partial charge in [0.05, 0.1) is 12.2 Å². The van der Waals surface area contributed by atoms with Crippen LogP contribution in [-0.2, 0) is 4.74 Å². The van der Waals surface area contributed by atoms with E-state index in [1.807, 2.05) is 6.07 Å². The first-order valence-corrected chi connectivity index (χ1v) is 6.47. The highest BCUT2D eigenvalue weighted by molar-refractivity contribution is 5.89. The minimum absolute atomic E-state index is 0.257. The second-order valence-corrected chi connectivity index (χ2v) is 4.29. The van der Waals surface area contributed by atoms with Gasteiger partial charge in [-0.05, 0) is 42.8 Å². The van der Waals surface area contributed by atoms with Crippen molar-refractivity contribution in [3.63, 3.8) is 0 Å². The molecule has 0 fully saturated rings. The monoisotopic (exact) mass is 273 g/mol. The van der Waals surface area contributed by atoms with Gasteiger partial charge in [-0.2, -0.15) is 0 Å². The summed E-state index contributed by atoms with van der Waals surface area (Å²) in [6.45, 7) is 1.01. The Balaban J connectivity index is 1.64. The molecule has 0 bridgehead atoms. The number of rotatable bonds is 6. The van der Waals surface area contributed by atoms with Crippen LogP contribution >= 0.6 is 0 Å². The van der Waals surface area contributed by atoms with E-state index in [1.54, 1.807) is 36.4 Å². The Kier molecular flexibility index (Phi) is 5.12. The molecule has 0 atom stereocenters. The molecule has 0 aromatic heterocycles. The highest BCUT2D eigenvalue weighted by atomic mass is 19.1. The maximum Gasteiger partial charge on any atom is 0.338 e. The van der Waals surface area contributed by atoms with Crippen molar-refractivity contribution in [1.29, 1.82) is 0 Å². The number of carbonyl (C=O) groups excluding carboxylic acids is 1. The van der Waals surface area contributed by atoms with Gasteiger partial charge in [0.25, 0.3) is 0 Å². The van der Waals surface area contributed by atoms with Crippen molar-refractivity contribution >= 4 is 11.7 Å². The SMILES string of the molecule is O=C(OCCCNc1ccc(F)cc1)c1ccccc1. The fourth-order valence-corrected chi connectivity index (χ4v) is 1.70. The molecule has 0 unspecified atom stereocenters. The smallest absolute Gasteiger partial charge is 0.338 e. The van der Waals surface area contributed by atoms with E-state index in [0.29, 0.717) is 25.1 Å². The predicted octanol–water partition coefficient (Wildman–Crippen LogP) is 3.48. The van der Waals surface area contributed by atoms with E-state index in [0.717, 1.165) is 5.69 Å². The van der Waals surface area contributed by atoms with Gasteiger partial charge in [0.1, 0.15) is 5.82 Å². The molecule has 1 N–H and O–H groups in total. The summed E-state index contributed by atoms with van der Waals surface area (Å²) in [7, 11) is 0. The van der Waals surface area contributed by atoms with Gasteiger partial charge in [-0.15, -0.1) is 0 Å². The van der Waals surface area contributed by atoms with Crippen LogP contribution < -0.4 is 5.32 Å². The summed E-state index contributed by atoms with van der Waals surface area (Å²) in [5.74, 6) is -0.570. The summed E-state index contributed by atoms with van der Waals surface area (Å²) in [6.07, 6.45) is 0.690. The van der Waals surface area contributed by atoms with E-state index in [4.69, 9.17) is 4.74 Å². The fraction of sp³-hybridized carbons (Fsp3) is 0.188. The molecule has 2 aromatic rings. The second-order valence-electron chi connectivity index (χ2n) is 4.29. The van der Waals surface area contributed by atoms with Crippen molar-refractivity contribution in [2.24, 2.45) is 0 Å². The molecule has 0 aliphatic heterocycles. The van der Waals surface area contributed by atoms with Gasteiger partial charge < -0.3 is 10.1 Å². The lowest BCUT2D eigenvalue weighted by Crippen LogP contribution is -2.10. The summed E-state index contributed by atoms with van der Waals surface area (Å²) >= 11 is 0. The zero-order chi connectivity index (χ0) is 14.2. The van der Waals surface area contributed by atoms with Crippen LogP contribution in [0.5, 0.6) is 0 Å². The molecule has 2 aromatic carbocycles. The van der Waals surface area contributed by atoms with E-state index >= 15 is 0 Å². The molecule has 0 heterocycles. The maximum atomic E-state index is 12.7.